The van der Waals surface area contributed by atoms with Crippen LogP contribution >= 0.6 is 12.4 Å². The lowest BCUT2D eigenvalue weighted by Gasteiger charge is -2.23. The van der Waals surface area contributed by atoms with Crippen LogP contribution in [0.4, 0.5) is 0 Å². The van der Waals surface area contributed by atoms with Crippen LogP contribution in [-0.2, 0) is 14.6 Å². The van der Waals surface area contributed by atoms with Crippen LogP contribution < -0.4 is 5.32 Å². The van der Waals surface area contributed by atoms with Crippen molar-refractivity contribution in [2.45, 2.75) is 32.1 Å². The smallest absolute Gasteiger partial charge is 0.223 e. The zero-order valence-corrected chi connectivity index (χ0v) is 14.8. The Balaban J connectivity index is 0.00000176. The van der Waals surface area contributed by atoms with Gasteiger partial charge in [-0.1, -0.05) is 0 Å². The maximum Gasteiger partial charge on any atom is 0.223 e. The molecule has 0 aromatic heterocycles. The van der Waals surface area contributed by atoms with Crippen LogP contribution in [0.15, 0.2) is 0 Å². The predicted molar refractivity (Wildman–Crippen MR) is 88.9 cm³/mol. The van der Waals surface area contributed by atoms with E-state index in [1.165, 1.54) is 6.26 Å². The number of hydrogen-bond donors (Lipinski definition) is 1. The SMILES string of the molecule is CS(=O)(=O)CC1(CC(=O)N2CC[C@@H]3CNC[C@@H]3CC2)CC1.Cl. The first-order valence-corrected chi connectivity index (χ1v) is 10.1. The molecule has 0 bridgehead atoms. The van der Waals surface area contributed by atoms with Gasteiger partial charge in [0, 0.05) is 25.8 Å². The van der Waals surface area contributed by atoms with Crippen LogP contribution in [0.5, 0.6) is 0 Å². The van der Waals surface area contributed by atoms with Crippen molar-refractivity contribution in [1.29, 1.82) is 0 Å². The predicted octanol–water partition coefficient (Wildman–Crippen LogP) is 1.08. The monoisotopic (exact) mass is 350 g/mol. The van der Waals surface area contributed by atoms with Crippen molar-refractivity contribution in [1.82, 2.24) is 10.2 Å². The molecule has 0 aromatic rings. The van der Waals surface area contributed by atoms with Crippen LogP contribution in [0, 0.1) is 17.3 Å². The summed E-state index contributed by atoms with van der Waals surface area (Å²) in [4.78, 5) is 14.5. The topological polar surface area (TPSA) is 66.5 Å². The third kappa shape index (κ3) is 4.36. The van der Waals surface area contributed by atoms with E-state index in [1.807, 2.05) is 4.90 Å². The average Bonchev–Trinajstić information content (AvgIpc) is 3.01. The number of hydrogen-bond acceptors (Lipinski definition) is 4. The first-order chi connectivity index (χ1) is 9.87. The molecule has 1 saturated carbocycles. The van der Waals surface area contributed by atoms with Crippen LogP contribution in [0.3, 0.4) is 0 Å². The third-order valence-corrected chi connectivity index (χ3v) is 6.56. The zero-order valence-electron chi connectivity index (χ0n) is 13.2. The quantitative estimate of drug-likeness (QED) is 0.824. The van der Waals surface area contributed by atoms with E-state index in [-0.39, 0.29) is 29.5 Å². The molecule has 2 heterocycles. The lowest BCUT2D eigenvalue weighted by molar-refractivity contribution is -0.132. The Hall–Kier alpha value is -0.330. The molecule has 2 atom stereocenters. The highest BCUT2D eigenvalue weighted by Crippen LogP contribution is 2.50. The number of fused-ring (bicyclic) bond motifs is 1. The second-order valence-corrected chi connectivity index (χ2v) is 9.52. The Morgan fingerprint density at radius 1 is 1.18 bits per heavy atom. The lowest BCUT2D eigenvalue weighted by Crippen LogP contribution is -2.35. The van der Waals surface area contributed by atoms with Crippen LogP contribution in [0.2, 0.25) is 0 Å². The summed E-state index contributed by atoms with van der Waals surface area (Å²) in [7, 11) is -2.99. The molecule has 128 valence electrons. The highest BCUT2D eigenvalue weighted by Gasteiger charge is 2.47. The molecule has 3 fully saturated rings. The summed E-state index contributed by atoms with van der Waals surface area (Å²) in [5.74, 6) is 1.78. The summed E-state index contributed by atoms with van der Waals surface area (Å²) in [6, 6.07) is 0. The van der Waals surface area contributed by atoms with Gasteiger partial charge in [-0.2, -0.15) is 0 Å². The molecule has 0 aromatic carbocycles. The molecule has 3 aliphatic rings. The lowest BCUT2D eigenvalue weighted by atomic mass is 9.92. The number of amides is 1. The largest absolute Gasteiger partial charge is 0.343 e. The van der Waals surface area contributed by atoms with Crippen LogP contribution in [-0.4, -0.2) is 57.4 Å². The van der Waals surface area contributed by atoms with E-state index in [0.717, 1.165) is 51.9 Å². The molecule has 2 saturated heterocycles. The van der Waals surface area contributed by atoms with Gasteiger partial charge in [-0.25, -0.2) is 8.42 Å². The first kappa shape index (κ1) is 18.0. The van der Waals surface area contributed by atoms with Crippen molar-refractivity contribution < 1.29 is 13.2 Å². The van der Waals surface area contributed by atoms with Crippen molar-refractivity contribution in [3.63, 3.8) is 0 Å². The summed E-state index contributed by atoms with van der Waals surface area (Å²) in [6.07, 6.45) is 5.64. The highest BCUT2D eigenvalue weighted by molar-refractivity contribution is 7.90. The minimum absolute atomic E-state index is 0. The molecule has 22 heavy (non-hydrogen) atoms. The van der Waals surface area contributed by atoms with E-state index in [4.69, 9.17) is 0 Å². The fourth-order valence-corrected chi connectivity index (χ4v) is 5.51. The van der Waals surface area contributed by atoms with Crippen LogP contribution in [0.25, 0.3) is 0 Å². The second-order valence-electron chi connectivity index (χ2n) is 7.38. The van der Waals surface area contributed by atoms with Gasteiger partial charge in [0.25, 0.3) is 0 Å². The van der Waals surface area contributed by atoms with Gasteiger partial charge >= 0.3 is 0 Å². The fourth-order valence-electron chi connectivity index (χ4n) is 4.01. The van der Waals surface area contributed by atoms with Gasteiger partial charge in [-0.3, -0.25) is 4.79 Å². The average molecular weight is 351 g/mol. The Labute approximate surface area is 139 Å². The number of nitrogens with zero attached hydrogens (tertiary/aromatic N) is 1. The molecule has 1 aliphatic carbocycles. The number of carbonyl (C=O) groups excluding carboxylic acids is 1. The number of halogens is 1. The minimum Gasteiger partial charge on any atom is -0.343 e. The molecule has 1 amide bonds. The molecule has 2 aliphatic heterocycles. The Bertz CT molecular complexity index is 505. The number of likely N-dealkylation sites (tertiary alicyclic amines) is 1. The second kappa shape index (κ2) is 6.65. The highest BCUT2D eigenvalue weighted by atomic mass is 35.5. The van der Waals surface area contributed by atoms with Gasteiger partial charge in [-0.05, 0) is 56.0 Å². The maximum absolute atomic E-state index is 12.5. The maximum atomic E-state index is 12.5. The third-order valence-electron chi connectivity index (χ3n) is 5.42. The van der Waals surface area contributed by atoms with Gasteiger partial charge in [0.2, 0.25) is 5.91 Å². The normalized spacial score (nSPS) is 30.1. The van der Waals surface area contributed by atoms with E-state index in [2.05, 4.69) is 5.32 Å². The molecule has 3 rings (SSSR count). The van der Waals surface area contributed by atoms with Crippen molar-refractivity contribution in [3.05, 3.63) is 0 Å². The van der Waals surface area contributed by atoms with E-state index in [1.54, 1.807) is 0 Å². The summed E-state index contributed by atoms with van der Waals surface area (Å²) < 4.78 is 23.0. The van der Waals surface area contributed by atoms with E-state index >= 15 is 0 Å². The summed E-state index contributed by atoms with van der Waals surface area (Å²) in [5, 5.41) is 3.44. The zero-order chi connectivity index (χ0) is 15.1. The van der Waals surface area contributed by atoms with Crippen molar-refractivity contribution >= 4 is 28.2 Å². The Morgan fingerprint density at radius 2 is 1.73 bits per heavy atom. The van der Waals surface area contributed by atoms with Crippen molar-refractivity contribution in [2.75, 3.05) is 38.2 Å². The molecular formula is C15H27ClN2O3S. The number of nitrogens with one attached hydrogen (secondary N) is 1. The molecule has 0 unspecified atom stereocenters. The van der Waals surface area contributed by atoms with E-state index in [0.29, 0.717) is 18.3 Å². The minimum atomic E-state index is -2.99. The van der Waals surface area contributed by atoms with Gasteiger partial charge in [-0.15, -0.1) is 12.4 Å². The van der Waals surface area contributed by atoms with Crippen LogP contribution in [0.1, 0.15) is 32.1 Å². The Kier molecular flexibility index (Phi) is 5.45. The van der Waals surface area contributed by atoms with Gasteiger partial charge in [0.05, 0.1) is 5.75 Å². The van der Waals surface area contributed by atoms with Crippen molar-refractivity contribution in [2.24, 2.45) is 17.3 Å². The van der Waals surface area contributed by atoms with Gasteiger partial charge < -0.3 is 10.2 Å². The summed E-state index contributed by atoms with van der Waals surface area (Å²) in [5.41, 5.74) is -0.242. The summed E-state index contributed by atoms with van der Waals surface area (Å²) in [6.45, 7) is 3.86. The first-order valence-electron chi connectivity index (χ1n) is 8.03. The summed E-state index contributed by atoms with van der Waals surface area (Å²) >= 11 is 0. The fraction of sp³-hybridized carbons (Fsp3) is 0.933. The molecular weight excluding hydrogens is 324 g/mol. The van der Waals surface area contributed by atoms with Crippen molar-refractivity contribution in [3.8, 4) is 0 Å². The molecule has 0 spiro atoms. The number of sulfone groups is 1. The van der Waals surface area contributed by atoms with Gasteiger partial charge in [0.1, 0.15) is 9.84 Å². The molecule has 1 N–H and O–H groups in total. The molecule has 7 heteroatoms. The number of rotatable bonds is 4. The molecule has 5 nitrogen and oxygen atoms in total. The van der Waals surface area contributed by atoms with E-state index in [9.17, 15) is 13.2 Å². The number of carbonyl (C=O) groups is 1. The van der Waals surface area contributed by atoms with Gasteiger partial charge in [0.15, 0.2) is 0 Å². The van der Waals surface area contributed by atoms with E-state index < -0.39 is 9.84 Å². The molecule has 0 radical (unpaired) electrons. The standard InChI is InChI=1S/C15H26N2O3S.ClH/c1-21(19,20)11-15(4-5-15)8-14(18)17-6-2-12-9-16-10-13(12)3-7-17;/h12-13,16H,2-11H2,1H3;1H/t12-,13+;. The Morgan fingerprint density at radius 3 is 2.18 bits per heavy atom.